The molecule has 1 N–H and O–H groups in total. The molecule has 178 valence electrons. The van der Waals surface area contributed by atoms with Gasteiger partial charge >= 0.3 is 5.97 Å². The van der Waals surface area contributed by atoms with Gasteiger partial charge in [0.25, 0.3) is 0 Å². The maximum absolute atomic E-state index is 13.2. The van der Waals surface area contributed by atoms with Gasteiger partial charge in [0.1, 0.15) is 18.5 Å². The minimum atomic E-state index is -0.450. The summed E-state index contributed by atoms with van der Waals surface area (Å²) in [6, 6.07) is 18.0. The number of methoxy groups -OCH3 is 1. The van der Waals surface area contributed by atoms with E-state index < -0.39 is 11.5 Å². The lowest BCUT2D eigenvalue weighted by atomic mass is 9.70. The summed E-state index contributed by atoms with van der Waals surface area (Å²) in [4.78, 5) is 12.0. The highest BCUT2D eigenvalue weighted by molar-refractivity contribution is 5.68. The van der Waals surface area contributed by atoms with Gasteiger partial charge in [-0.2, -0.15) is 0 Å². The molecule has 0 unspecified atom stereocenters. The number of hydrogen-bond donors (Lipinski definition) is 1. The molecule has 6 heteroatoms. The third-order valence-electron chi connectivity index (χ3n) is 6.32. The first kappa shape index (κ1) is 23.6. The summed E-state index contributed by atoms with van der Waals surface area (Å²) in [5, 5.41) is 3.64. The number of fused-ring (bicyclic) bond motifs is 1. The topological polar surface area (TPSA) is 56.8 Å². The molecule has 4 rings (SSSR count). The third kappa shape index (κ3) is 4.72. The minimum absolute atomic E-state index is 0.146. The van der Waals surface area contributed by atoms with Crippen molar-refractivity contribution in [3.63, 3.8) is 0 Å². The molecule has 3 aromatic carbocycles. The van der Waals surface area contributed by atoms with Crippen molar-refractivity contribution in [3.05, 3.63) is 88.7 Å². The smallest absolute Gasteiger partial charge is 0.303 e. The van der Waals surface area contributed by atoms with Crippen LogP contribution in [0.4, 0.5) is 10.1 Å². The number of benzene rings is 3. The molecule has 0 saturated heterocycles. The van der Waals surface area contributed by atoms with Crippen LogP contribution in [0.5, 0.6) is 11.5 Å². The van der Waals surface area contributed by atoms with E-state index in [1.54, 1.807) is 19.2 Å². The third-order valence-corrected chi connectivity index (χ3v) is 6.32. The lowest BCUT2D eigenvalue weighted by Crippen LogP contribution is -2.40. The molecule has 3 aromatic rings. The molecule has 1 aliphatic rings. The summed E-state index contributed by atoms with van der Waals surface area (Å²) in [6.45, 7) is 7.95. The SMILES string of the molecule is COc1cc([C@@H]2Nc3ccc(C)cc3[C@H](OC(C)=O)C2(C)C)ccc1OCc1ccc(F)cc1. The lowest BCUT2D eigenvalue weighted by molar-refractivity contribution is -0.154. The van der Waals surface area contributed by atoms with E-state index in [2.05, 4.69) is 25.2 Å². The predicted molar refractivity (Wildman–Crippen MR) is 130 cm³/mol. The number of anilines is 1. The first-order chi connectivity index (χ1) is 16.2. The van der Waals surface area contributed by atoms with Crippen LogP contribution in [0, 0.1) is 18.2 Å². The van der Waals surface area contributed by atoms with E-state index in [0.29, 0.717) is 18.1 Å². The number of nitrogens with one attached hydrogen (secondary N) is 1. The molecule has 0 fully saturated rings. The number of carbonyl (C=O) groups excluding carboxylic acids is 1. The highest BCUT2D eigenvalue weighted by Gasteiger charge is 2.46. The summed E-state index contributed by atoms with van der Waals surface area (Å²) in [5.74, 6) is 0.595. The molecule has 0 spiro atoms. The second-order valence-electron chi connectivity index (χ2n) is 9.30. The zero-order valence-corrected chi connectivity index (χ0v) is 20.1. The Hall–Kier alpha value is -3.54. The van der Waals surface area contributed by atoms with Crippen LogP contribution in [0.2, 0.25) is 0 Å². The summed E-state index contributed by atoms with van der Waals surface area (Å²) >= 11 is 0. The Bertz CT molecular complexity index is 1190. The molecule has 0 radical (unpaired) electrons. The maximum Gasteiger partial charge on any atom is 0.303 e. The van der Waals surface area contributed by atoms with E-state index in [1.165, 1.54) is 19.1 Å². The Kier molecular flexibility index (Phi) is 6.51. The molecule has 0 bridgehead atoms. The van der Waals surface area contributed by atoms with Crippen LogP contribution in [-0.4, -0.2) is 13.1 Å². The van der Waals surface area contributed by atoms with Crippen molar-refractivity contribution in [1.82, 2.24) is 0 Å². The lowest BCUT2D eigenvalue weighted by Gasteiger charge is -2.46. The Morgan fingerprint density at radius 1 is 1.03 bits per heavy atom. The highest BCUT2D eigenvalue weighted by atomic mass is 19.1. The summed E-state index contributed by atoms with van der Waals surface area (Å²) in [5.41, 5.74) is 4.42. The van der Waals surface area contributed by atoms with Gasteiger partial charge in [-0.15, -0.1) is 0 Å². The van der Waals surface area contributed by atoms with Gasteiger partial charge < -0.3 is 19.5 Å². The van der Waals surface area contributed by atoms with Crippen LogP contribution in [-0.2, 0) is 16.1 Å². The van der Waals surface area contributed by atoms with Crippen LogP contribution in [0.3, 0.4) is 0 Å². The van der Waals surface area contributed by atoms with E-state index in [0.717, 1.165) is 27.9 Å². The molecular formula is C28H30FNO4. The van der Waals surface area contributed by atoms with Gasteiger partial charge in [0.15, 0.2) is 11.5 Å². The average Bonchev–Trinajstić information content (AvgIpc) is 2.80. The number of halogens is 1. The highest BCUT2D eigenvalue weighted by Crippen LogP contribution is 2.54. The van der Waals surface area contributed by atoms with Crippen molar-refractivity contribution in [2.45, 2.75) is 46.4 Å². The average molecular weight is 464 g/mol. The van der Waals surface area contributed by atoms with E-state index in [1.807, 2.05) is 37.3 Å². The van der Waals surface area contributed by atoms with Gasteiger partial charge in [0.05, 0.1) is 13.2 Å². The monoisotopic (exact) mass is 463 g/mol. The standard InChI is InChI=1S/C28H30FNO4/c1-17-6-12-23-22(14-17)27(34-18(2)31)28(3,4)26(30-23)20-9-13-24(25(15-20)32-5)33-16-19-7-10-21(29)11-8-19/h6-15,26-27,30H,16H2,1-5H3/t26-,27-/m0/s1. The second kappa shape index (κ2) is 9.37. The largest absolute Gasteiger partial charge is 0.493 e. The molecule has 1 heterocycles. The number of hydrogen-bond acceptors (Lipinski definition) is 5. The maximum atomic E-state index is 13.2. The Labute approximate surface area is 199 Å². The number of aryl methyl sites for hydroxylation is 1. The molecule has 2 atom stereocenters. The van der Waals surface area contributed by atoms with E-state index in [-0.39, 0.29) is 17.8 Å². The van der Waals surface area contributed by atoms with Gasteiger partial charge in [-0.05, 0) is 48.4 Å². The quantitative estimate of drug-likeness (QED) is 0.422. The first-order valence-electron chi connectivity index (χ1n) is 11.3. The minimum Gasteiger partial charge on any atom is -0.493 e. The number of carbonyl (C=O) groups is 1. The fraction of sp³-hybridized carbons (Fsp3) is 0.321. The Morgan fingerprint density at radius 3 is 2.44 bits per heavy atom. The zero-order valence-electron chi connectivity index (χ0n) is 20.1. The number of esters is 1. The van der Waals surface area contributed by atoms with Crippen molar-refractivity contribution < 1.29 is 23.4 Å². The summed E-state index contributed by atoms with van der Waals surface area (Å²) in [6.07, 6.45) is -0.411. The van der Waals surface area contributed by atoms with Gasteiger partial charge in [-0.25, -0.2) is 4.39 Å². The van der Waals surface area contributed by atoms with Gasteiger partial charge in [0, 0.05) is 23.6 Å². The van der Waals surface area contributed by atoms with Crippen molar-refractivity contribution in [2.24, 2.45) is 5.41 Å². The van der Waals surface area contributed by atoms with Crippen LogP contribution in [0.25, 0.3) is 0 Å². The van der Waals surface area contributed by atoms with Crippen LogP contribution in [0.1, 0.15) is 55.2 Å². The molecule has 1 aliphatic heterocycles. The van der Waals surface area contributed by atoms with E-state index >= 15 is 0 Å². The van der Waals surface area contributed by atoms with Crippen molar-refractivity contribution >= 4 is 11.7 Å². The fourth-order valence-electron chi connectivity index (χ4n) is 4.54. The molecule has 0 amide bonds. The van der Waals surface area contributed by atoms with E-state index in [9.17, 15) is 9.18 Å². The second-order valence-corrected chi connectivity index (χ2v) is 9.30. The zero-order chi connectivity index (χ0) is 24.5. The van der Waals surface area contributed by atoms with Crippen LogP contribution < -0.4 is 14.8 Å². The molecule has 34 heavy (non-hydrogen) atoms. The molecular weight excluding hydrogens is 433 g/mol. The van der Waals surface area contributed by atoms with Crippen molar-refractivity contribution in [1.29, 1.82) is 0 Å². The van der Waals surface area contributed by atoms with Crippen LogP contribution in [0.15, 0.2) is 60.7 Å². The van der Waals surface area contributed by atoms with Crippen molar-refractivity contribution in [3.8, 4) is 11.5 Å². The first-order valence-corrected chi connectivity index (χ1v) is 11.3. The molecule has 0 saturated carbocycles. The Balaban J connectivity index is 1.65. The van der Waals surface area contributed by atoms with Crippen molar-refractivity contribution in [2.75, 3.05) is 12.4 Å². The van der Waals surface area contributed by atoms with Gasteiger partial charge in [-0.1, -0.05) is 49.7 Å². The Morgan fingerprint density at radius 2 is 1.76 bits per heavy atom. The predicted octanol–water partition coefficient (Wildman–Crippen LogP) is 6.52. The van der Waals surface area contributed by atoms with Gasteiger partial charge in [0.2, 0.25) is 0 Å². The fourth-order valence-corrected chi connectivity index (χ4v) is 4.54. The molecule has 5 nitrogen and oxygen atoms in total. The molecule has 0 aromatic heterocycles. The number of ether oxygens (including phenoxy) is 3. The van der Waals surface area contributed by atoms with E-state index in [4.69, 9.17) is 14.2 Å². The summed E-state index contributed by atoms with van der Waals surface area (Å²) < 4.78 is 30.6. The number of rotatable bonds is 6. The normalized spacial score (nSPS) is 18.4. The summed E-state index contributed by atoms with van der Waals surface area (Å²) in [7, 11) is 1.60. The molecule has 0 aliphatic carbocycles. The van der Waals surface area contributed by atoms with Crippen LogP contribution >= 0.6 is 0 Å². The van der Waals surface area contributed by atoms with Gasteiger partial charge in [-0.3, -0.25) is 4.79 Å².